The molecule has 6 heteroatoms. The predicted molar refractivity (Wildman–Crippen MR) is 84.6 cm³/mol. The van der Waals surface area contributed by atoms with E-state index in [1.807, 2.05) is 11.9 Å². The number of rotatable bonds is 6. The molecule has 0 saturated carbocycles. The van der Waals surface area contributed by atoms with Gasteiger partial charge in [-0.15, -0.1) is 0 Å². The summed E-state index contributed by atoms with van der Waals surface area (Å²) in [4.78, 5) is 10.7. The van der Waals surface area contributed by atoms with E-state index in [0.717, 1.165) is 31.3 Å². The van der Waals surface area contributed by atoms with Crippen molar-refractivity contribution in [1.29, 1.82) is 0 Å². The number of nitrogens with zero attached hydrogens (tertiary/aromatic N) is 3. The summed E-state index contributed by atoms with van der Waals surface area (Å²) in [6, 6.07) is 5.15. The molecule has 0 aliphatic heterocycles. The Morgan fingerprint density at radius 1 is 1.18 bits per heavy atom. The Morgan fingerprint density at radius 3 is 2.64 bits per heavy atom. The van der Waals surface area contributed by atoms with Crippen LogP contribution in [0.1, 0.15) is 25.6 Å². The van der Waals surface area contributed by atoms with Crippen molar-refractivity contribution < 1.29 is 8.78 Å². The highest BCUT2D eigenvalue weighted by atomic mass is 19.1. The average molecular weight is 306 g/mol. The predicted octanol–water partition coefficient (Wildman–Crippen LogP) is 4.04. The number of hydrogen-bond donors (Lipinski definition) is 1. The third-order valence-corrected chi connectivity index (χ3v) is 3.26. The topological polar surface area (TPSA) is 41.0 Å². The van der Waals surface area contributed by atoms with Crippen molar-refractivity contribution in [2.75, 3.05) is 23.8 Å². The van der Waals surface area contributed by atoms with Gasteiger partial charge in [-0.3, -0.25) is 0 Å². The molecule has 0 saturated heterocycles. The molecule has 22 heavy (non-hydrogen) atoms. The molecule has 0 spiro atoms. The lowest BCUT2D eigenvalue weighted by atomic mass is 10.3. The standard InChI is InChI=1S/C16H20F2N4/c1-4-5-8-22(3)16-10-15(19-11(2)20-16)21-14-7-6-12(17)9-13(14)18/h6-7,9-10H,4-5,8H2,1-3H3,(H,19,20,21). The second kappa shape index (κ2) is 7.15. The van der Waals surface area contributed by atoms with Crippen molar-refractivity contribution in [2.24, 2.45) is 0 Å². The SMILES string of the molecule is CCCCN(C)c1cc(Nc2ccc(F)cc2F)nc(C)n1. The normalized spacial score (nSPS) is 10.6. The summed E-state index contributed by atoms with van der Waals surface area (Å²) in [5.74, 6) is 0.576. The molecule has 1 aromatic carbocycles. The van der Waals surface area contributed by atoms with Gasteiger partial charge in [-0.25, -0.2) is 18.7 Å². The lowest BCUT2D eigenvalue weighted by molar-refractivity contribution is 0.586. The monoisotopic (exact) mass is 306 g/mol. The van der Waals surface area contributed by atoms with Gasteiger partial charge in [0.2, 0.25) is 0 Å². The first kappa shape index (κ1) is 16.1. The van der Waals surface area contributed by atoms with Crippen molar-refractivity contribution in [3.63, 3.8) is 0 Å². The highest BCUT2D eigenvalue weighted by Gasteiger charge is 2.09. The zero-order chi connectivity index (χ0) is 16.1. The quantitative estimate of drug-likeness (QED) is 0.874. The van der Waals surface area contributed by atoms with Gasteiger partial charge in [0, 0.05) is 25.7 Å². The Morgan fingerprint density at radius 2 is 1.95 bits per heavy atom. The zero-order valence-electron chi connectivity index (χ0n) is 13.0. The Labute approximate surface area is 129 Å². The van der Waals surface area contributed by atoms with Gasteiger partial charge in [0.1, 0.15) is 29.1 Å². The second-order valence-corrected chi connectivity index (χ2v) is 5.18. The molecule has 1 N–H and O–H groups in total. The van der Waals surface area contributed by atoms with Crippen LogP contribution in [-0.2, 0) is 0 Å². The summed E-state index contributed by atoms with van der Waals surface area (Å²) >= 11 is 0. The third-order valence-electron chi connectivity index (χ3n) is 3.26. The number of unbranched alkanes of at least 4 members (excludes halogenated alkanes) is 1. The Kier molecular flexibility index (Phi) is 5.25. The number of nitrogens with one attached hydrogen (secondary N) is 1. The molecular formula is C16H20F2N4. The van der Waals surface area contributed by atoms with Gasteiger partial charge < -0.3 is 10.2 Å². The van der Waals surface area contributed by atoms with Gasteiger partial charge in [0.05, 0.1) is 5.69 Å². The number of hydrogen-bond acceptors (Lipinski definition) is 4. The molecule has 0 atom stereocenters. The second-order valence-electron chi connectivity index (χ2n) is 5.18. The van der Waals surface area contributed by atoms with Crippen LogP contribution >= 0.6 is 0 Å². The van der Waals surface area contributed by atoms with Crippen LogP contribution in [0.15, 0.2) is 24.3 Å². The Balaban J connectivity index is 2.22. The number of aromatic nitrogens is 2. The van der Waals surface area contributed by atoms with Gasteiger partial charge in [0.25, 0.3) is 0 Å². The first-order chi connectivity index (χ1) is 10.5. The van der Waals surface area contributed by atoms with Crippen molar-refractivity contribution >= 4 is 17.3 Å². The largest absolute Gasteiger partial charge is 0.360 e. The molecule has 1 aromatic heterocycles. The van der Waals surface area contributed by atoms with Crippen molar-refractivity contribution in [2.45, 2.75) is 26.7 Å². The molecule has 0 fully saturated rings. The van der Waals surface area contributed by atoms with Crippen molar-refractivity contribution in [3.8, 4) is 0 Å². The lowest BCUT2D eigenvalue weighted by Crippen LogP contribution is -2.20. The first-order valence-corrected chi connectivity index (χ1v) is 7.28. The van der Waals surface area contributed by atoms with Gasteiger partial charge in [-0.05, 0) is 25.5 Å². The van der Waals surface area contributed by atoms with Gasteiger partial charge in [-0.1, -0.05) is 13.3 Å². The number of anilines is 3. The minimum Gasteiger partial charge on any atom is -0.360 e. The van der Waals surface area contributed by atoms with Crippen LogP contribution in [0.5, 0.6) is 0 Å². The van der Waals surface area contributed by atoms with E-state index in [-0.39, 0.29) is 5.69 Å². The molecule has 0 aliphatic carbocycles. The van der Waals surface area contributed by atoms with Gasteiger partial charge in [-0.2, -0.15) is 0 Å². The zero-order valence-corrected chi connectivity index (χ0v) is 13.0. The van der Waals surface area contributed by atoms with E-state index in [4.69, 9.17) is 0 Å². The molecule has 0 unspecified atom stereocenters. The highest BCUT2D eigenvalue weighted by Crippen LogP contribution is 2.22. The van der Waals surface area contributed by atoms with Crippen LogP contribution in [0, 0.1) is 18.6 Å². The smallest absolute Gasteiger partial charge is 0.149 e. The van der Waals surface area contributed by atoms with Gasteiger partial charge in [0.15, 0.2) is 0 Å². The van der Waals surface area contributed by atoms with E-state index < -0.39 is 11.6 Å². The van der Waals surface area contributed by atoms with E-state index in [9.17, 15) is 8.78 Å². The minimum absolute atomic E-state index is 0.182. The summed E-state index contributed by atoms with van der Waals surface area (Å²) in [5, 5.41) is 2.87. The summed E-state index contributed by atoms with van der Waals surface area (Å²) in [5.41, 5.74) is 0.182. The van der Waals surface area contributed by atoms with Crippen molar-refractivity contribution in [3.05, 3.63) is 41.7 Å². The molecule has 118 valence electrons. The number of aryl methyl sites for hydroxylation is 1. The fourth-order valence-electron chi connectivity index (χ4n) is 2.05. The fourth-order valence-corrected chi connectivity index (χ4v) is 2.05. The van der Waals surface area contributed by atoms with E-state index in [0.29, 0.717) is 11.6 Å². The fraction of sp³-hybridized carbons (Fsp3) is 0.375. The summed E-state index contributed by atoms with van der Waals surface area (Å²) in [7, 11) is 1.96. The summed E-state index contributed by atoms with van der Waals surface area (Å²) in [6.45, 7) is 4.80. The maximum atomic E-state index is 13.7. The van der Waals surface area contributed by atoms with Crippen LogP contribution in [0.2, 0.25) is 0 Å². The van der Waals surface area contributed by atoms with Crippen LogP contribution in [0.4, 0.5) is 26.1 Å². The van der Waals surface area contributed by atoms with Crippen LogP contribution in [0.25, 0.3) is 0 Å². The van der Waals surface area contributed by atoms with E-state index in [1.165, 1.54) is 12.1 Å². The molecule has 0 bridgehead atoms. The van der Waals surface area contributed by atoms with Crippen LogP contribution in [0.3, 0.4) is 0 Å². The molecule has 4 nitrogen and oxygen atoms in total. The molecule has 0 amide bonds. The molecule has 0 aliphatic rings. The first-order valence-electron chi connectivity index (χ1n) is 7.28. The molecule has 0 radical (unpaired) electrons. The third kappa shape index (κ3) is 4.13. The Bertz CT molecular complexity index is 646. The summed E-state index contributed by atoms with van der Waals surface area (Å²) < 4.78 is 26.6. The van der Waals surface area contributed by atoms with Gasteiger partial charge >= 0.3 is 0 Å². The molecule has 2 aromatic rings. The van der Waals surface area contributed by atoms with E-state index >= 15 is 0 Å². The molecular weight excluding hydrogens is 286 g/mol. The summed E-state index contributed by atoms with van der Waals surface area (Å²) in [6.07, 6.45) is 2.16. The minimum atomic E-state index is -0.655. The maximum Gasteiger partial charge on any atom is 0.149 e. The van der Waals surface area contributed by atoms with Crippen LogP contribution in [-0.4, -0.2) is 23.6 Å². The van der Waals surface area contributed by atoms with E-state index in [1.54, 1.807) is 13.0 Å². The van der Waals surface area contributed by atoms with Crippen LogP contribution < -0.4 is 10.2 Å². The molecule has 1 heterocycles. The highest BCUT2D eigenvalue weighted by molar-refractivity contribution is 5.60. The number of halogens is 2. The van der Waals surface area contributed by atoms with E-state index in [2.05, 4.69) is 22.2 Å². The maximum absolute atomic E-state index is 13.7. The Hall–Kier alpha value is -2.24. The molecule has 2 rings (SSSR count). The number of benzene rings is 1. The lowest BCUT2D eigenvalue weighted by Gasteiger charge is -2.19. The average Bonchev–Trinajstić information content (AvgIpc) is 2.47. The van der Waals surface area contributed by atoms with Crippen molar-refractivity contribution in [1.82, 2.24) is 9.97 Å².